The lowest BCUT2D eigenvalue weighted by molar-refractivity contribution is 0.123. The van der Waals surface area contributed by atoms with Crippen molar-refractivity contribution < 1.29 is 4.74 Å². The molecular formula is C22H25N5O. The highest BCUT2D eigenvalue weighted by molar-refractivity contribution is 5.73. The Bertz CT molecular complexity index is 907. The van der Waals surface area contributed by atoms with Gasteiger partial charge in [0.15, 0.2) is 0 Å². The second-order valence-corrected chi connectivity index (χ2v) is 6.85. The summed E-state index contributed by atoms with van der Waals surface area (Å²) in [5.74, 6) is 1.37. The molecule has 0 spiro atoms. The quantitative estimate of drug-likeness (QED) is 0.680. The number of nitrogens with zero attached hydrogens (tertiary/aromatic N) is 3. The summed E-state index contributed by atoms with van der Waals surface area (Å²) in [5.41, 5.74) is 4.63. The van der Waals surface area contributed by atoms with Gasteiger partial charge in [-0.1, -0.05) is 42.0 Å². The number of anilines is 4. The van der Waals surface area contributed by atoms with Gasteiger partial charge in [0.25, 0.3) is 0 Å². The fourth-order valence-electron chi connectivity index (χ4n) is 3.20. The van der Waals surface area contributed by atoms with E-state index in [1.165, 1.54) is 11.1 Å². The van der Waals surface area contributed by atoms with Crippen LogP contribution in [0.4, 0.5) is 23.1 Å². The van der Waals surface area contributed by atoms with Crippen LogP contribution in [0.2, 0.25) is 0 Å². The van der Waals surface area contributed by atoms with Crippen LogP contribution in [0.1, 0.15) is 11.1 Å². The molecule has 1 aliphatic rings. The first kappa shape index (κ1) is 18.3. The second kappa shape index (κ2) is 8.71. The number of ether oxygens (including phenoxy) is 1. The third-order valence-corrected chi connectivity index (χ3v) is 4.75. The van der Waals surface area contributed by atoms with Crippen LogP contribution < -0.4 is 15.5 Å². The third-order valence-electron chi connectivity index (χ3n) is 4.75. The Balaban J connectivity index is 1.45. The van der Waals surface area contributed by atoms with Crippen molar-refractivity contribution >= 4 is 23.1 Å². The Kier molecular flexibility index (Phi) is 5.68. The van der Waals surface area contributed by atoms with Crippen LogP contribution in [0.25, 0.3) is 0 Å². The molecule has 0 unspecified atom stereocenters. The summed E-state index contributed by atoms with van der Waals surface area (Å²) in [5, 5.41) is 6.74. The third kappa shape index (κ3) is 4.58. The van der Waals surface area contributed by atoms with Gasteiger partial charge in [0, 0.05) is 25.8 Å². The molecule has 1 saturated heterocycles. The normalized spacial score (nSPS) is 14.0. The maximum atomic E-state index is 5.47. The largest absolute Gasteiger partial charge is 0.378 e. The number of benzene rings is 2. The number of hydrogen-bond acceptors (Lipinski definition) is 6. The van der Waals surface area contributed by atoms with Crippen molar-refractivity contribution in [3.8, 4) is 0 Å². The molecule has 0 atom stereocenters. The zero-order valence-corrected chi connectivity index (χ0v) is 16.1. The first-order valence-electron chi connectivity index (χ1n) is 9.59. The van der Waals surface area contributed by atoms with E-state index in [0.29, 0.717) is 5.95 Å². The van der Waals surface area contributed by atoms with Crippen molar-refractivity contribution in [1.82, 2.24) is 9.97 Å². The number of nitrogens with one attached hydrogen (secondary N) is 2. The van der Waals surface area contributed by atoms with Crippen molar-refractivity contribution in [1.29, 1.82) is 0 Å². The first-order valence-corrected chi connectivity index (χ1v) is 9.59. The van der Waals surface area contributed by atoms with E-state index in [1.807, 2.05) is 12.1 Å². The Labute approximate surface area is 165 Å². The zero-order chi connectivity index (χ0) is 19.2. The number of hydrogen-bond donors (Lipinski definition) is 2. The Hall–Kier alpha value is -3.12. The topological polar surface area (TPSA) is 62.3 Å². The van der Waals surface area contributed by atoms with E-state index in [1.54, 1.807) is 6.20 Å². The maximum Gasteiger partial charge on any atom is 0.229 e. The molecule has 0 aliphatic carbocycles. The minimum absolute atomic E-state index is 0.578. The van der Waals surface area contributed by atoms with E-state index in [-0.39, 0.29) is 0 Å². The molecule has 0 amide bonds. The van der Waals surface area contributed by atoms with E-state index < -0.39 is 0 Å². The summed E-state index contributed by atoms with van der Waals surface area (Å²) in [7, 11) is 0. The minimum atomic E-state index is 0.578. The van der Waals surface area contributed by atoms with Crippen LogP contribution in [-0.2, 0) is 11.3 Å². The van der Waals surface area contributed by atoms with E-state index in [0.717, 1.165) is 50.0 Å². The van der Waals surface area contributed by atoms with Gasteiger partial charge in [-0.15, -0.1) is 0 Å². The highest BCUT2D eigenvalue weighted by atomic mass is 16.5. The Morgan fingerprint density at radius 3 is 2.61 bits per heavy atom. The van der Waals surface area contributed by atoms with E-state index >= 15 is 0 Å². The van der Waals surface area contributed by atoms with Gasteiger partial charge < -0.3 is 20.3 Å². The van der Waals surface area contributed by atoms with E-state index in [2.05, 4.69) is 74.9 Å². The Morgan fingerprint density at radius 1 is 1.00 bits per heavy atom. The Morgan fingerprint density at radius 2 is 1.79 bits per heavy atom. The predicted octanol–water partition coefficient (Wildman–Crippen LogP) is 3.98. The van der Waals surface area contributed by atoms with Gasteiger partial charge in [-0.05, 0) is 30.7 Å². The molecule has 1 aliphatic heterocycles. The van der Waals surface area contributed by atoms with Gasteiger partial charge >= 0.3 is 0 Å². The van der Waals surface area contributed by atoms with E-state index in [4.69, 9.17) is 4.74 Å². The molecule has 1 aromatic heterocycles. The average Bonchev–Trinajstić information content (AvgIpc) is 2.75. The van der Waals surface area contributed by atoms with Crippen LogP contribution in [0.5, 0.6) is 0 Å². The molecule has 6 nitrogen and oxygen atoms in total. The van der Waals surface area contributed by atoms with E-state index in [9.17, 15) is 0 Å². The number of aromatic nitrogens is 2. The fraction of sp³-hybridized carbons (Fsp3) is 0.273. The standard InChI is InChI=1S/C22H25N5O/c1-17-6-8-18(9-7-17)16-24-21-10-11-23-22(26-21)25-19-4-2-3-5-20(19)27-12-14-28-15-13-27/h2-11H,12-16H2,1H3,(H2,23,24,25,26). The molecule has 0 saturated carbocycles. The van der Waals surface area contributed by atoms with Gasteiger partial charge in [0.2, 0.25) is 5.95 Å². The molecule has 6 heteroatoms. The summed E-state index contributed by atoms with van der Waals surface area (Å²) < 4.78 is 5.47. The second-order valence-electron chi connectivity index (χ2n) is 6.85. The van der Waals surface area contributed by atoms with Gasteiger partial charge in [-0.2, -0.15) is 4.98 Å². The van der Waals surface area contributed by atoms with Crippen molar-refractivity contribution in [3.05, 3.63) is 71.9 Å². The molecule has 2 aromatic carbocycles. The number of morpholine rings is 1. The SMILES string of the molecule is Cc1ccc(CNc2ccnc(Nc3ccccc3N3CCOCC3)n2)cc1. The van der Waals surface area contributed by atoms with Crippen LogP contribution in [0, 0.1) is 6.92 Å². The van der Waals surface area contributed by atoms with Crippen LogP contribution >= 0.6 is 0 Å². The van der Waals surface area contributed by atoms with Crippen molar-refractivity contribution in [2.24, 2.45) is 0 Å². The number of aryl methyl sites for hydroxylation is 1. The summed E-state index contributed by atoms with van der Waals surface area (Å²) in [6.07, 6.45) is 1.77. The molecule has 2 heterocycles. The molecule has 144 valence electrons. The van der Waals surface area contributed by atoms with Gasteiger partial charge in [0.05, 0.1) is 24.6 Å². The highest BCUT2D eigenvalue weighted by Gasteiger charge is 2.15. The van der Waals surface area contributed by atoms with Crippen LogP contribution in [-0.4, -0.2) is 36.3 Å². The molecule has 28 heavy (non-hydrogen) atoms. The summed E-state index contributed by atoms with van der Waals surface area (Å²) in [6.45, 7) is 6.09. The molecule has 2 N–H and O–H groups in total. The van der Waals surface area contributed by atoms with Crippen molar-refractivity contribution in [2.45, 2.75) is 13.5 Å². The predicted molar refractivity (Wildman–Crippen MR) is 113 cm³/mol. The summed E-state index contributed by atoms with van der Waals surface area (Å²) in [4.78, 5) is 11.3. The minimum Gasteiger partial charge on any atom is -0.378 e. The molecular weight excluding hydrogens is 350 g/mol. The summed E-state index contributed by atoms with van der Waals surface area (Å²) in [6, 6.07) is 18.6. The summed E-state index contributed by atoms with van der Waals surface area (Å²) >= 11 is 0. The number of para-hydroxylation sites is 2. The lowest BCUT2D eigenvalue weighted by Gasteiger charge is -2.30. The highest BCUT2D eigenvalue weighted by Crippen LogP contribution is 2.28. The zero-order valence-electron chi connectivity index (χ0n) is 16.1. The lowest BCUT2D eigenvalue weighted by Crippen LogP contribution is -2.36. The molecule has 3 aromatic rings. The first-order chi connectivity index (χ1) is 13.8. The van der Waals surface area contributed by atoms with Gasteiger partial charge in [-0.25, -0.2) is 4.98 Å². The number of rotatable bonds is 6. The smallest absolute Gasteiger partial charge is 0.229 e. The lowest BCUT2D eigenvalue weighted by atomic mass is 10.1. The molecule has 4 rings (SSSR count). The molecule has 0 radical (unpaired) electrons. The van der Waals surface area contributed by atoms with Gasteiger partial charge in [-0.3, -0.25) is 0 Å². The average molecular weight is 375 g/mol. The van der Waals surface area contributed by atoms with Crippen LogP contribution in [0.15, 0.2) is 60.8 Å². The van der Waals surface area contributed by atoms with Crippen molar-refractivity contribution in [3.63, 3.8) is 0 Å². The van der Waals surface area contributed by atoms with Gasteiger partial charge in [0.1, 0.15) is 5.82 Å². The fourth-order valence-corrected chi connectivity index (χ4v) is 3.20. The molecule has 0 bridgehead atoms. The van der Waals surface area contributed by atoms with Crippen molar-refractivity contribution in [2.75, 3.05) is 41.8 Å². The van der Waals surface area contributed by atoms with Crippen LogP contribution in [0.3, 0.4) is 0 Å². The molecule has 1 fully saturated rings. The monoisotopic (exact) mass is 375 g/mol. The maximum absolute atomic E-state index is 5.47.